The maximum Gasteiger partial charge on any atom is 0.223 e. The summed E-state index contributed by atoms with van der Waals surface area (Å²) < 4.78 is 7.17. The van der Waals surface area contributed by atoms with E-state index in [0.717, 1.165) is 42.7 Å². The number of hydrogen-bond donors (Lipinski definition) is 0. The predicted molar refractivity (Wildman–Crippen MR) is 91.9 cm³/mol. The number of aryl methyl sites for hydroxylation is 1. The lowest BCUT2D eigenvalue weighted by Crippen LogP contribution is -2.45. The molecule has 128 valence electrons. The summed E-state index contributed by atoms with van der Waals surface area (Å²) in [5.74, 6) is 1.42. The van der Waals surface area contributed by atoms with Crippen LogP contribution in [0.4, 0.5) is 0 Å². The van der Waals surface area contributed by atoms with E-state index in [9.17, 15) is 0 Å². The zero-order valence-corrected chi connectivity index (χ0v) is 14.9. The van der Waals surface area contributed by atoms with Crippen molar-refractivity contribution in [1.82, 2.24) is 29.3 Å². The molecular formula is C16H22N6OS. The number of nitrogens with zero attached hydrogens (tertiary/aromatic N) is 6. The minimum absolute atomic E-state index is 0.534. The van der Waals surface area contributed by atoms with E-state index in [0.29, 0.717) is 11.9 Å². The highest BCUT2D eigenvalue weighted by molar-refractivity contribution is 7.15. The van der Waals surface area contributed by atoms with Gasteiger partial charge in [0.1, 0.15) is 0 Å². The molecule has 3 aromatic rings. The lowest BCUT2D eigenvalue weighted by atomic mass is 10.0. The van der Waals surface area contributed by atoms with Gasteiger partial charge in [-0.2, -0.15) is 4.98 Å². The van der Waals surface area contributed by atoms with Crippen molar-refractivity contribution >= 4 is 16.3 Å². The van der Waals surface area contributed by atoms with Gasteiger partial charge in [-0.15, -0.1) is 11.3 Å². The lowest BCUT2D eigenvalue weighted by molar-refractivity contribution is 0.104. The molecule has 24 heavy (non-hydrogen) atoms. The summed E-state index contributed by atoms with van der Waals surface area (Å²) in [5.41, 5.74) is 1.13. The smallest absolute Gasteiger partial charge is 0.223 e. The fraction of sp³-hybridized carbons (Fsp3) is 0.562. The van der Waals surface area contributed by atoms with Gasteiger partial charge < -0.3 is 4.52 Å². The molecule has 0 N–H and O–H groups in total. The molecule has 4 rings (SSSR count). The van der Waals surface area contributed by atoms with Gasteiger partial charge in [-0.25, -0.2) is 4.98 Å². The average molecular weight is 346 g/mol. The molecule has 4 heterocycles. The first-order valence-electron chi connectivity index (χ1n) is 8.30. The Labute approximate surface area is 144 Å². The Balaban J connectivity index is 1.36. The van der Waals surface area contributed by atoms with Crippen molar-refractivity contribution in [2.45, 2.75) is 38.9 Å². The van der Waals surface area contributed by atoms with Crippen LogP contribution in [-0.2, 0) is 13.1 Å². The fourth-order valence-electron chi connectivity index (χ4n) is 3.38. The Kier molecular flexibility index (Phi) is 4.34. The summed E-state index contributed by atoms with van der Waals surface area (Å²) in [7, 11) is 2.19. The summed E-state index contributed by atoms with van der Waals surface area (Å²) in [6.45, 7) is 5.61. The summed E-state index contributed by atoms with van der Waals surface area (Å²) in [6.07, 6.45) is 6.61. The van der Waals surface area contributed by atoms with Crippen molar-refractivity contribution < 1.29 is 4.52 Å². The molecule has 1 atom stereocenters. The van der Waals surface area contributed by atoms with E-state index in [1.165, 1.54) is 12.8 Å². The number of hydrogen-bond acceptors (Lipinski definition) is 7. The summed E-state index contributed by atoms with van der Waals surface area (Å²) in [4.78, 5) is 14.9. The number of piperidine rings is 1. The van der Waals surface area contributed by atoms with Crippen molar-refractivity contribution in [2.24, 2.45) is 0 Å². The monoisotopic (exact) mass is 346 g/mol. The van der Waals surface area contributed by atoms with E-state index >= 15 is 0 Å². The Bertz CT molecular complexity index is 780. The van der Waals surface area contributed by atoms with Gasteiger partial charge in [-0.3, -0.25) is 14.2 Å². The second kappa shape index (κ2) is 6.62. The quantitative estimate of drug-likeness (QED) is 0.706. The molecule has 0 aromatic carbocycles. The predicted octanol–water partition coefficient (Wildman–Crippen LogP) is 2.18. The van der Waals surface area contributed by atoms with Crippen molar-refractivity contribution in [2.75, 3.05) is 20.1 Å². The third kappa shape index (κ3) is 3.35. The molecular weight excluding hydrogens is 324 g/mol. The minimum atomic E-state index is 0.534. The highest BCUT2D eigenvalue weighted by atomic mass is 32.1. The van der Waals surface area contributed by atoms with E-state index in [1.807, 2.05) is 6.92 Å². The van der Waals surface area contributed by atoms with Gasteiger partial charge in [0, 0.05) is 43.8 Å². The SMILES string of the molecule is Cc1nc(CN2CCC[C@@H](N(C)Cc3cn4ccsc4n3)C2)no1. The zero-order chi connectivity index (χ0) is 16.5. The standard InChI is InChI=1S/C16H22N6OS/c1-12-17-15(19-23-12)11-21-5-3-4-14(10-21)20(2)8-13-9-22-6-7-24-16(22)18-13/h6-7,9,14H,3-5,8,10-11H2,1-2H3/t14-/m1/s1. The lowest BCUT2D eigenvalue weighted by Gasteiger charge is -2.36. The second-order valence-corrected chi connectivity index (χ2v) is 7.37. The molecule has 8 heteroatoms. The highest BCUT2D eigenvalue weighted by Gasteiger charge is 2.24. The van der Waals surface area contributed by atoms with Crippen LogP contribution in [0.15, 0.2) is 22.3 Å². The van der Waals surface area contributed by atoms with Crippen molar-refractivity contribution in [3.63, 3.8) is 0 Å². The topological polar surface area (TPSA) is 62.7 Å². The number of aromatic nitrogens is 4. The largest absolute Gasteiger partial charge is 0.340 e. The summed E-state index contributed by atoms with van der Waals surface area (Å²) >= 11 is 1.68. The maximum atomic E-state index is 5.07. The molecule has 0 unspecified atom stereocenters. The van der Waals surface area contributed by atoms with Crippen LogP contribution in [0.2, 0.25) is 0 Å². The van der Waals surface area contributed by atoms with Crippen LogP contribution in [0.3, 0.4) is 0 Å². The number of thiazole rings is 1. The first-order chi connectivity index (χ1) is 11.7. The molecule has 1 saturated heterocycles. The van der Waals surface area contributed by atoms with Crippen LogP contribution in [0.5, 0.6) is 0 Å². The van der Waals surface area contributed by atoms with Crippen LogP contribution >= 0.6 is 11.3 Å². The molecule has 0 radical (unpaired) electrons. The molecule has 0 amide bonds. The number of fused-ring (bicyclic) bond motifs is 1. The Hall–Kier alpha value is -1.77. The summed E-state index contributed by atoms with van der Waals surface area (Å²) in [6, 6.07) is 0.534. The van der Waals surface area contributed by atoms with Gasteiger partial charge in [0.05, 0.1) is 12.2 Å². The van der Waals surface area contributed by atoms with E-state index in [4.69, 9.17) is 9.51 Å². The molecule has 3 aromatic heterocycles. The van der Waals surface area contributed by atoms with Crippen LogP contribution in [0.1, 0.15) is 30.3 Å². The Morgan fingerprint density at radius 2 is 2.33 bits per heavy atom. The van der Waals surface area contributed by atoms with Crippen LogP contribution in [-0.4, -0.2) is 55.5 Å². The normalized spacial score (nSPS) is 19.5. The van der Waals surface area contributed by atoms with Crippen molar-refractivity contribution in [1.29, 1.82) is 0 Å². The van der Waals surface area contributed by atoms with Gasteiger partial charge in [0.15, 0.2) is 10.8 Å². The molecule has 0 bridgehead atoms. The first-order valence-corrected chi connectivity index (χ1v) is 9.18. The van der Waals surface area contributed by atoms with Gasteiger partial charge in [-0.05, 0) is 26.4 Å². The third-order valence-corrected chi connectivity index (χ3v) is 5.36. The summed E-state index contributed by atoms with van der Waals surface area (Å²) in [5, 5.41) is 6.08. The highest BCUT2D eigenvalue weighted by Crippen LogP contribution is 2.19. The van der Waals surface area contributed by atoms with Gasteiger partial charge in [-0.1, -0.05) is 5.16 Å². The van der Waals surface area contributed by atoms with E-state index in [-0.39, 0.29) is 0 Å². The van der Waals surface area contributed by atoms with Crippen LogP contribution in [0, 0.1) is 6.92 Å². The maximum absolute atomic E-state index is 5.07. The fourth-order valence-corrected chi connectivity index (χ4v) is 4.10. The zero-order valence-electron chi connectivity index (χ0n) is 14.1. The molecule has 0 aliphatic carbocycles. The molecule has 7 nitrogen and oxygen atoms in total. The minimum Gasteiger partial charge on any atom is -0.340 e. The van der Waals surface area contributed by atoms with Crippen LogP contribution < -0.4 is 0 Å². The molecule has 1 fully saturated rings. The van der Waals surface area contributed by atoms with Gasteiger partial charge in [0.2, 0.25) is 5.89 Å². The van der Waals surface area contributed by atoms with Crippen molar-refractivity contribution in [3.8, 4) is 0 Å². The molecule has 0 spiro atoms. The van der Waals surface area contributed by atoms with E-state index in [1.54, 1.807) is 11.3 Å². The van der Waals surface area contributed by atoms with Gasteiger partial charge in [0.25, 0.3) is 0 Å². The number of imidazole rings is 1. The van der Waals surface area contributed by atoms with Crippen LogP contribution in [0.25, 0.3) is 4.96 Å². The van der Waals surface area contributed by atoms with E-state index in [2.05, 4.69) is 49.2 Å². The van der Waals surface area contributed by atoms with Crippen molar-refractivity contribution in [3.05, 3.63) is 35.2 Å². The Morgan fingerprint density at radius 1 is 1.42 bits per heavy atom. The van der Waals surface area contributed by atoms with Gasteiger partial charge >= 0.3 is 0 Å². The number of likely N-dealkylation sites (tertiary alicyclic amines) is 1. The Morgan fingerprint density at radius 3 is 3.12 bits per heavy atom. The first kappa shape index (κ1) is 15.7. The molecule has 1 aliphatic rings. The average Bonchev–Trinajstić information content (AvgIpc) is 3.24. The molecule has 0 saturated carbocycles. The molecule has 1 aliphatic heterocycles. The second-order valence-electron chi connectivity index (χ2n) is 6.50. The number of rotatable bonds is 5. The third-order valence-electron chi connectivity index (χ3n) is 4.59. The number of likely N-dealkylation sites (N-methyl/N-ethyl adjacent to an activating group) is 1. The van der Waals surface area contributed by atoms with E-state index < -0.39 is 0 Å².